The maximum Gasteiger partial charge on any atom is 0.255 e. The molecular weight excluding hydrogens is 341 g/mol. The van der Waals surface area contributed by atoms with E-state index in [2.05, 4.69) is 15.5 Å². The van der Waals surface area contributed by atoms with Crippen molar-refractivity contribution in [3.63, 3.8) is 0 Å². The molecule has 1 aromatic heterocycles. The van der Waals surface area contributed by atoms with Gasteiger partial charge in [-0.25, -0.2) is 4.39 Å². The van der Waals surface area contributed by atoms with E-state index in [0.717, 1.165) is 16.3 Å². The summed E-state index contributed by atoms with van der Waals surface area (Å²) in [6.07, 6.45) is 1.42. The minimum Gasteiger partial charge on any atom is -0.345 e. The standard InChI is InChI=1S/C22H18FN3O/c1-14(16-11-6-8-15-7-2-3-9-17(15)16)25-22(27)19-13-24-26-21(19)18-10-4-5-12-20(18)23/h2-14H,1H3,(H,24,26)(H,25,27). The maximum atomic E-state index is 14.1. The summed E-state index contributed by atoms with van der Waals surface area (Å²) in [5.41, 5.74) is 2.03. The molecule has 4 nitrogen and oxygen atoms in total. The summed E-state index contributed by atoms with van der Waals surface area (Å²) in [5.74, 6) is -0.708. The van der Waals surface area contributed by atoms with Gasteiger partial charge in [0.15, 0.2) is 0 Å². The SMILES string of the molecule is CC(NC(=O)c1cn[nH]c1-c1ccccc1F)c1cccc2ccccc12. The molecule has 0 bridgehead atoms. The van der Waals surface area contributed by atoms with Gasteiger partial charge in [0.2, 0.25) is 0 Å². The molecule has 27 heavy (non-hydrogen) atoms. The highest BCUT2D eigenvalue weighted by molar-refractivity contribution is 6.00. The molecule has 5 heteroatoms. The van der Waals surface area contributed by atoms with Gasteiger partial charge in [0.1, 0.15) is 5.82 Å². The Kier molecular flexibility index (Phi) is 4.42. The average Bonchev–Trinajstić information content (AvgIpc) is 3.17. The number of carbonyl (C=O) groups is 1. The van der Waals surface area contributed by atoms with Crippen LogP contribution in [-0.2, 0) is 0 Å². The van der Waals surface area contributed by atoms with Gasteiger partial charge in [-0.05, 0) is 35.4 Å². The van der Waals surface area contributed by atoms with Gasteiger partial charge in [-0.3, -0.25) is 9.89 Å². The van der Waals surface area contributed by atoms with E-state index in [1.165, 1.54) is 12.3 Å². The van der Waals surface area contributed by atoms with Crippen LogP contribution in [0.25, 0.3) is 22.0 Å². The van der Waals surface area contributed by atoms with Crippen LogP contribution in [0.3, 0.4) is 0 Å². The van der Waals surface area contributed by atoms with Gasteiger partial charge in [-0.1, -0.05) is 54.6 Å². The Morgan fingerprint density at radius 3 is 2.63 bits per heavy atom. The summed E-state index contributed by atoms with van der Waals surface area (Å²) >= 11 is 0. The highest BCUT2D eigenvalue weighted by Crippen LogP contribution is 2.26. The van der Waals surface area contributed by atoms with Crippen LogP contribution in [0, 0.1) is 5.82 Å². The molecular formula is C22H18FN3O. The average molecular weight is 359 g/mol. The molecule has 134 valence electrons. The second-order valence-corrected chi connectivity index (χ2v) is 6.40. The van der Waals surface area contributed by atoms with Crippen LogP contribution in [-0.4, -0.2) is 16.1 Å². The Morgan fingerprint density at radius 1 is 1.04 bits per heavy atom. The molecule has 0 saturated carbocycles. The van der Waals surface area contributed by atoms with E-state index in [1.54, 1.807) is 18.2 Å². The lowest BCUT2D eigenvalue weighted by Gasteiger charge is -2.17. The number of fused-ring (bicyclic) bond motifs is 1. The Bertz CT molecular complexity index is 1110. The molecule has 1 amide bonds. The number of benzene rings is 3. The number of hydrogen-bond acceptors (Lipinski definition) is 2. The van der Waals surface area contributed by atoms with Crippen molar-refractivity contribution in [1.29, 1.82) is 0 Å². The first-order valence-corrected chi connectivity index (χ1v) is 8.72. The highest BCUT2D eigenvalue weighted by atomic mass is 19.1. The molecule has 3 aromatic carbocycles. The van der Waals surface area contributed by atoms with Gasteiger partial charge in [0, 0.05) is 5.56 Å². The monoisotopic (exact) mass is 359 g/mol. The van der Waals surface area contributed by atoms with Crippen LogP contribution >= 0.6 is 0 Å². The smallest absolute Gasteiger partial charge is 0.255 e. The molecule has 4 rings (SSSR count). The van der Waals surface area contributed by atoms with Crippen LogP contribution in [0.1, 0.15) is 28.9 Å². The Balaban J connectivity index is 1.64. The van der Waals surface area contributed by atoms with Crippen molar-refractivity contribution in [1.82, 2.24) is 15.5 Å². The third-order valence-electron chi connectivity index (χ3n) is 4.66. The van der Waals surface area contributed by atoms with Crippen molar-refractivity contribution in [2.24, 2.45) is 0 Å². The van der Waals surface area contributed by atoms with Gasteiger partial charge in [-0.2, -0.15) is 5.10 Å². The first kappa shape index (κ1) is 17.0. The van der Waals surface area contributed by atoms with E-state index >= 15 is 0 Å². The number of rotatable bonds is 4. The Labute approximate surface area is 156 Å². The predicted molar refractivity (Wildman–Crippen MR) is 104 cm³/mol. The molecule has 2 N–H and O–H groups in total. The molecule has 1 heterocycles. The van der Waals surface area contributed by atoms with Crippen LogP contribution in [0.5, 0.6) is 0 Å². The fourth-order valence-corrected chi connectivity index (χ4v) is 3.31. The third kappa shape index (κ3) is 3.19. The number of H-pyrrole nitrogens is 1. The largest absolute Gasteiger partial charge is 0.345 e. The van der Waals surface area contributed by atoms with Crippen molar-refractivity contribution in [3.05, 3.63) is 89.9 Å². The first-order chi connectivity index (χ1) is 13.1. The number of aromatic nitrogens is 2. The number of amides is 1. The molecule has 0 radical (unpaired) electrons. The number of halogens is 1. The summed E-state index contributed by atoms with van der Waals surface area (Å²) in [4.78, 5) is 12.8. The van der Waals surface area contributed by atoms with Crippen molar-refractivity contribution in [2.75, 3.05) is 0 Å². The van der Waals surface area contributed by atoms with Crippen LogP contribution in [0.4, 0.5) is 4.39 Å². The summed E-state index contributed by atoms with van der Waals surface area (Å²) < 4.78 is 14.1. The zero-order chi connectivity index (χ0) is 18.8. The van der Waals surface area contributed by atoms with Crippen LogP contribution < -0.4 is 5.32 Å². The summed E-state index contributed by atoms with van der Waals surface area (Å²) in [6.45, 7) is 1.93. The number of aromatic amines is 1. The van der Waals surface area contributed by atoms with E-state index in [9.17, 15) is 9.18 Å². The molecule has 0 spiro atoms. The topological polar surface area (TPSA) is 57.8 Å². The van der Waals surface area contributed by atoms with Gasteiger partial charge in [0.25, 0.3) is 5.91 Å². The molecule has 0 saturated heterocycles. The molecule has 0 aliphatic rings. The predicted octanol–water partition coefficient (Wildman–Crippen LogP) is 4.86. The minimum atomic E-state index is -0.405. The van der Waals surface area contributed by atoms with Crippen LogP contribution in [0.15, 0.2) is 72.9 Å². The van der Waals surface area contributed by atoms with Crippen molar-refractivity contribution in [2.45, 2.75) is 13.0 Å². The molecule has 0 aliphatic carbocycles. The molecule has 1 atom stereocenters. The normalized spacial score (nSPS) is 12.1. The third-order valence-corrected chi connectivity index (χ3v) is 4.66. The second kappa shape index (κ2) is 7.03. The second-order valence-electron chi connectivity index (χ2n) is 6.40. The Hall–Kier alpha value is -3.47. The zero-order valence-electron chi connectivity index (χ0n) is 14.7. The summed E-state index contributed by atoms with van der Waals surface area (Å²) in [6, 6.07) is 20.2. The number of carbonyl (C=O) groups excluding carboxylic acids is 1. The van der Waals surface area contributed by atoms with Gasteiger partial charge >= 0.3 is 0 Å². The van der Waals surface area contributed by atoms with Crippen molar-refractivity contribution < 1.29 is 9.18 Å². The summed E-state index contributed by atoms with van der Waals surface area (Å²) in [5, 5.41) is 11.9. The fourth-order valence-electron chi connectivity index (χ4n) is 3.31. The molecule has 4 aromatic rings. The van der Waals surface area contributed by atoms with Crippen molar-refractivity contribution in [3.8, 4) is 11.3 Å². The molecule has 0 fully saturated rings. The van der Waals surface area contributed by atoms with Gasteiger partial charge < -0.3 is 5.32 Å². The van der Waals surface area contributed by atoms with Crippen LogP contribution in [0.2, 0.25) is 0 Å². The van der Waals surface area contributed by atoms with Gasteiger partial charge in [0.05, 0.1) is 23.5 Å². The number of hydrogen-bond donors (Lipinski definition) is 2. The highest BCUT2D eigenvalue weighted by Gasteiger charge is 2.20. The van der Waals surface area contributed by atoms with Crippen molar-refractivity contribution >= 4 is 16.7 Å². The molecule has 1 unspecified atom stereocenters. The lowest BCUT2D eigenvalue weighted by atomic mass is 9.99. The fraction of sp³-hybridized carbons (Fsp3) is 0.0909. The van der Waals surface area contributed by atoms with E-state index in [-0.39, 0.29) is 11.9 Å². The van der Waals surface area contributed by atoms with E-state index in [4.69, 9.17) is 0 Å². The van der Waals surface area contributed by atoms with E-state index in [0.29, 0.717) is 16.8 Å². The maximum absolute atomic E-state index is 14.1. The molecule has 0 aliphatic heterocycles. The van der Waals surface area contributed by atoms with E-state index < -0.39 is 5.82 Å². The lowest BCUT2D eigenvalue weighted by Crippen LogP contribution is -2.27. The minimum absolute atomic E-state index is 0.216. The van der Waals surface area contributed by atoms with E-state index in [1.807, 2.05) is 49.4 Å². The number of nitrogens with zero attached hydrogens (tertiary/aromatic N) is 1. The number of nitrogens with one attached hydrogen (secondary N) is 2. The lowest BCUT2D eigenvalue weighted by molar-refractivity contribution is 0.0941. The summed E-state index contributed by atoms with van der Waals surface area (Å²) in [7, 11) is 0. The first-order valence-electron chi connectivity index (χ1n) is 8.72. The zero-order valence-corrected chi connectivity index (χ0v) is 14.7. The quantitative estimate of drug-likeness (QED) is 0.547. The van der Waals surface area contributed by atoms with Gasteiger partial charge in [-0.15, -0.1) is 0 Å². The Morgan fingerprint density at radius 2 is 1.78 bits per heavy atom.